The molecule has 1 aromatic carbocycles. The van der Waals surface area contributed by atoms with Crippen molar-refractivity contribution in [2.45, 2.75) is 58.6 Å². The minimum Gasteiger partial charge on any atom is -0.405 e. The van der Waals surface area contributed by atoms with E-state index < -0.39 is 0 Å². The Balaban J connectivity index is 1.51. The maximum atomic E-state index is 6.45. The lowest BCUT2D eigenvalue weighted by Crippen LogP contribution is -2.65. The molecule has 4 fully saturated rings. The Morgan fingerprint density at radius 1 is 1.14 bits per heavy atom. The molecule has 1 heterocycles. The van der Waals surface area contributed by atoms with Gasteiger partial charge in [0.05, 0.1) is 11.7 Å². The molecule has 1 saturated heterocycles. The summed E-state index contributed by atoms with van der Waals surface area (Å²) in [4.78, 5) is 0. The normalized spacial score (nSPS) is 39.8. The fourth-order valence-electron chi connectivity index (χ4n) is 4.95. The summed E-state index contributed by atoms with van der Waals surface area (Å²) in [6, 6.07) is 8.71. The number of hydrogen-bond donors (Lipinski definition) is 0. The van der Waals surface area contributed by atoms with Crippen LogP contribution in [0.25, 0.3) is 0 Å². The molecule has 0 radical (unpaired) electrons. The van der Waals surface area contributed by atoms with E-state index in [0.717, 1.165) is 12.2 Å². The minimum atomic E-state index is -0.0758. The zero-order valence-corrected chi connectivity index (χ0v) is 13.6. The van der Waals surface area contributed by atoms with E-state index in [1.54, 1.807) is 0 Å². The maximum absolute atomic E-state index is 6.45. The molecule has 1 aromatic rings. The molecule has 1 aliphatic heterocycles. The van der Waals surface area contributed by atoms with Crippen molar-refractivity contribution in [2.24, 2.45) is 17.3 Å². The summed E-state index contributed by atoms with van der Waals surface area (Å²) in [7, 11) is -0.0714. The molecule has 5 rings (SSSR count). The second-order valence-corrected chi connectivity index (χ2v) is 8.09. The molecule has 21 heavy (non-hydrogen) atoms. The lowest BCUT2D eigenvalue weighted by atomic mass is 9.43. The van der Waals surface area contributed by atoms with Gasteiger partial charge in [-0.1, -0.05) is 43.7 Å². The van der Waals surface area contributed by atoms with Crippen molar-refractivity contribution in [3.63, 3.8) is 0 Å². The molecule has 2 bridgehead atoms. The summed E-state index contributed by atoms with van der Waals surface area (Å²) in [6.07, 6.45) is 3.65. The molecule has 3 saturated carbocycles. The first kappa shape index (κ1) is 13.8. The smallest absolute Gasteiger partial charge is 0.405 e. The first-order valence-corrected chi connectivity index (χ1v) is 8.28. The van der Waals surface area contributed by atoms with Crippen LogP contribution < -0.4 is 0 Å². The van der Waals surface area contributed by atoms with Crippen LogP contribution in [0.2, 0.25) is 0 Å². The molecular formula is C18H25BO2. The third kappa shape index (κ3) is 1.93. The van der Waals surface area contributed by atoms with Gasteiger partial charge in [-0.2, -0.15) is 0 Å². The van der Waals surface area contributed by atoms with Gasteiger partial charge in [0.2, 0.25) is 0 Å². The molecular weight excluding hydrogens is 259 g/mol. The van der Waals surface area contributed by atoms with E-state index in [9.17, 15) is 0 Å². The number of rotatable bonds is 2. The Hall–Kier alpha value is -0.795. The largest absolute Gasteiger partial charge is 0.462 e. The summed E-state index contributed by atoms with van der Waals surface area (Å²) >= 11 is 0. The van der Waals surface area contributed by atoms with Crippen LogP contribution in [0, 0.1) is 24.2 Å². The molecule has 2 nitrogen and oxygen atoms in total. The summed E-state index contributed by atoms with van der Waals surface area (Å²) in [5, 5.41) is 0. The van der Waals surface area contributed by atoms with Crippen molar-refractivity contribution in [3.8, 4) is 0 Å². The van der Waals surface area contributed by atoms with E-state index in [1.165, 1.54) is 24.0 Å². The Morgan fingerprint density at radius 3 is 2.52 bits per heavy atom. The zero-order valence-electron chi connectivity index (χ0n) is 13.6. The van der Waals surface area contributed by atoms with Gasteiger partial charge in [-0.3, -0.25) is 0 Å². The van der Waals surface area contributed by atoms with E-state index >= 15 is 0 Å². The van der Waals surface area contributed by atoms with Gasteiger partial charge in [0.1, 0.15) is 0 Å². The molecule has 4 atom stereocenters. The van der Waals surface area contributed by atoms with Crippen molar-refractivity contribution in [2.75, 3.05) is 0 Å². The first-order chi connectivity index (χ1) is 9.89. The highest BCUT2D eigenvalue weighted by atomic mass is 16.7. The topological polar surface area (TPSA) is 18.5 Å². The van der Waals surface area contributed by atoms with Gasteiger partial charge in [-0.25, -0.2) is 0 Å². The predicted molar refractivity (Wildman–Crippen MR) is 85.0 cm³/mol. The molecule has 0 amide bonds. The van der Waals surface area contributed by atoms with E-state index in [1.807, 2.05) is 0 Å². The van der Waals surface area contributed by atoms with Crippen LogP contribution in [0.1, 0.15) is 44.7 Å². The van der Waals surface area contributed by atoms with Crippen LogP contribution in [-0.4, -0.2) is 18.8 Å². The van der Waals surface area contributed by atoms with Gasteiger partial charge in [0.15, 0.2) is 0 Å². The molecule has 112 valence electrons. The van der Waals surface area contributed by atoms with Crippen LogP contribution in [-0.2, 0) is 15.6 Å². The molecule has 0 unspecified atom stereocenters. The lowest BCUT2D eigenvalue weighted by molar-refractivity contribution is -0.199. The van der Waals surface area contributed by atoms with Gasteiger partial charge in [-0.15, -0.1) is 0 Å². The van der Waals surface area contributed by atoms with Gasteiger partial charge < -0.3 is 9.31 Å². The van der Waals surface area contributed by atoms with Gasteiger partial charge >= 0.3 is 7.12 Å². The third-order valence-electron chi connectivity index (χ3n) is 6.52. The molecule has 0 aromatic heterocycles. The third-order valence-corrected chi connectivity index (χ3v) is 6.52. The molecule has 3 aliphatic carbocycles. The van der Waals surface area contributed by atoms with Gasteiger partial charge in [0, 0.05) is 6.32 Å². The summed E-state index contributed by atoms with van der Waals surface area (Å²) in [5.74, 6) is 1.47. The Morgan fingerprint density at radius 2 is 1.86 bits per heavy atom. The van der Waals surface area contributed by atoms with Gasteiger partial charge in [-0.05, 0) is 49.5 Å². The standard InChI is InChI=1S/C18H25BO2/c1-12-5-7-13(8-6-12)11-19-20-16-10-14-9-15(17(14,2)3)18(16,4)21-19/h5-8,14-16H,9-11H2,1-4H3/t14-,15-,16+,18-/m0/s1. The van der Waals surface area contributed by atoms with Crippen molar-refractivity contribution in [1.29, 1.82) is 0 Å². The van der Waals surface area contributed by atoms with Crippen molar-refractivity contribution >= 4 is 7.12 Å². The van der Waals surface area contributed by atoms with Crippen molar-refractivity contribution in [3.05, 3.63) is 35.4 Å². The molecule has 0 N–H and O–H groups in total. The quantitative estimate of drug-likeness (QED) is 0.769. The highest BCUT2D eigenvalue weighted by Crippen LogP contribution is 2.65. The van der Waals surface area contributed by atoms with Gasteiger partial charge in [0.25, 0.3) is 0 Å². The second kappa shape index (κ2) is 4.36. The van der Waals surface area contributed by atoms with E-state index in [0.29, 0.717) is 17.4 Å². The molecule has 3 heteroatoms. The van der Waals surface area contributed by atoms with Crippen LogP contribution in [0.15, 0.2) is 24.3 Å². The Kier molecular flexibility index (Phi) is 2.87. The second-order valence-electron chi connectivity index (χ2n) is 8.09. The van der Waals surface area contributed by atoms with Crippen LogP contribution in [0.5, 0.6) is 0 Å². The Bertz CT molecular complexity index is 553. The maximum Gasteiger partial charge on any atom is 0.462 e. The average Bonchev–Trinajstić information content (AvgIpc) is 2.76. The van der Waals surface area contributed by atoms with E-state index in [-0.39, 0.29) is 12.7 Å². The molecule has 0 spiro atoms. The SMILES string of the molecule is Cc1ccc(CB2O[C@@H]3C[C@@H]4C[C@@H](C4(C)C)[C@]3(C)O2)cc1. The number of benzene rings is 1. The average molecular weight is 284 g/mol. The number of aryl methyl sites for hydroxylation is 1. The van der Waals surface area contributed by atoms with Crippen LogP contribution in [0.4, 0.5) is 0 Å². The van der Waals surface area contributed by atoms with E-state index in [2.05, 4.69) is 52.0 Å². The fourth-order valence-corrected chi connectivity index (χ4v) is 4.95. The highest BCUT2D eigenvalue weighted by Gasteiger charge is 2.67. The van der Waals surface area contributed by atoms with Crippen LogP contribution >= 0.6 is 0 Å². The summed E-state index contributed by atoms with van der Waals surface area (Å²) in [6.45, 7) is 9.22. The first-order valence-electron chi connectivity index (χ1n) is 8.28. The summed E-state index contributed by atoms with van der Waals surface area (Å²) < 4.78 is 12.7. The summed E-state index contributed by atoms with van der Waals surface area (Å²) in [5.41, 5.74) is 2.95. The van der Waals surface area contributed by atoms with Crippen molar-refractivity contribution in [1.82, 2.24) is 0 Å². The minimum absolute atomic E-state index is 0.0714. The molecule has 4 aliphatic rings. The van der Waals surface area contributed by atoms with Crippen LogP contribution in [0.3, 0.4) is 0 Å². The van der Waals surface area contributed by atoms with Crippen molar-refractivity contribution < 1.29 is 9.31 Å². The van der Waals surface area contributed by atoms with E-state index in [4.69, 9.17) is 9.31 Å². The lowest BCUT2D eigenvalue weighted by Gasteiger charge is -2.64. The fraction of sp³-hybridized carbons (Fsp3) is 0.667. The zero-order chi connectivity index (χ0) is 14.8. The monoisotopic (exact) mass is 284 g/mol. The highest BCUT2D eigenvalue weighted by molar-refractivity contribution is 6.44. The number of hydrogen-bond acceptors (Lipinski definition) is 2. The predicted octanol–water partition coefficient (Wildman–Crippen LogP) is 3.81. The Labute approximate surface area is 128 Å².